The van der Waals surface area contributed by atoms with Crippen LogP contribution < -0.4 is 16.0 Å². The molecule has 0 spiro atoms. The van der Waals surface area contributed by atoms with Gasteiger partial charge in [0.05, 0.1) is 11.1 Å². The highest BCUT2D eigenvalue weighted by molar-refractivity contribution is 6.36. The van der Waals surface area contributed by atoms with Crippen LogP contribution in [0.1, 0.15) is 66.7 Å². The Hall–Kier alpha value is -3.35. The molecule has 0 radical (unpaired) electrons. The molecule has 6 nitrogen and oxygen atoms in total. The first-order valence-electron chi connectivity index (χ1n) is 13.0. The van der Waals surface area contributed by atoms with Crippen LogP contribution in [-0.4, -0.2) is 35.9 Å². The molecule has 1 aliphatic rings. The van der Waals surface area contributed by atoms with Gasteiger partial charge in [-0.1, -0.05) is 55.6 Å². The van der Waals surface area contributed by atoms with Gasteiger partial charge in [0.25, 0.3) is 11.8 Å². The zero-order chi connectivity index (χ0) is 26.4. The minimum Gasteiger partial charge on any atom is -0.361 e. The minimum absolute atomic E-state index is 0.117. The molecule has 7 heteroatoms. The van der Waals surface area contributed by atoms with E-state index in [0.717, 1.165) is 46.6 Å². The maximum atomic E-state index is 12.9. The summed E-state index contributed by atoms with van der Waals surface area (Å²) in [6, 6.07) is 13.9. The number of halogens is 1. The van der Waals surface area contributed by atoms with Crippen LogP contribution in [0.5, 0.6) is 0 Å². The summed E-state index contributed by atoms with van der Waals surface area (Å²) in [5.74, 6) is -0.293. The largest absolute Gasteiger partial charge is 0.361 e. The number of nitrogens with one attached hydrogen (secondary N) is 4. The van der Waals surface area contributed by atoms with Gasteiger partial charge in [0.15, 0.2) is 0 Å². The molecule has 2 aromatic carbocycles. The third-order valence-corrected chi connectivity index (χ3v) is 7.03. The first-order chi connectivity index (χ1) is 17.9. The fourth-order valence-corrected chi connectivity index (χ4v) is 4.86. The Morgan fingerprint density at radius 2 is 1.95 bits per heavy atom. The lowest BCUT2D eigenvalue weighted by molar-refractivity contribution is -0.110. The summed E-state index contributed by atoms with van der Waals surface area (Å²) in [7, 11) is 0. The second-order valence-electron chi connectivity index (χ2n) is 9.60. The molecule has 0 saturated heterocycles. The fourth-order valence-electron chi connectivity index (χ4n) is 4.67. The summed E-state index contributed by atoms with van der Waals surface area (Å²) in [6.45, 7) is 7.77. The minimum atomic E-state index is -0.176. The highest BCUT2D eigenvalue weighted by Crippen LogP contribution is 2.41. The smallest absolute Gasteiger partial charge is 0.256 e. The Morgan fingerprint density at radius 1 is 1.14 bits per heavy atom. The van der Waals surface area contributed by atoms with Crippen molar-refractivity contribution in [2.75, 3.05) is 18.4 Å². The molecule has 1 aliphatic heterocycles. The van der Waals surface area contributed by atoms with Crippen molar-refractivity contribution in [1.29, 1.82) is 0 Å². The van der Waals surface area contributed by atoms with Crippen molar-refractivity contribution in [3.05, 3.63) is 76.1 Å². The molecule has 4 rings (SSSR count). The number of amides is 2. The number of unbranched alkanes of at least 4 members (excludes halogenated alkanes) is 1. The molecule has 0 aliphatic carbocycles. The highest BCUT2D eigenvalue weighted by Gasteiger charge is 2.28. The van der Waals surface area contributed by atoms with Crippen LogP contribution in [-0.2, 0) is 4.79 Å². The van der Waals surface area contributed by atoms with Gasteiger partial charge in [-0.25, -0.2) is 0 Å². The van der Waals surface area contributed by atoms with Crippen LogP contribution in [0.25, 0.3) is 22.8 Å². The highest BCUT2D eigenvalue weighted by atomic mass is 35.5. The Balaban J connectivity index is 1.47. The monoisotopic (exact) mass is 518 g/mol. The van der Waals surface area contributed by atoms with Gasteiger partial charge in [-0.2, -0.15) is 0 Å². The molecule has 3 aromatic rings. The van der Waals surface area contributed by atoms with E-state index >= 15 is 0 Å². The van der Waals surface area contributed by atoms with Gasteiger partial charge in [0.1, 0.15) is 0 Å². The number of hydrogen-bond acceptors (Lipinski definition) is 3. The summed E-state index contributed by atoms with van der Waals surface area (Å²) in [4.78, 5) is 29.0. The summed E-state index contributed by atoms with van der Waals surface area (Å²) in [5.41, 5.74) is 6.11. The molecule has 0 saturated carbocycles. The van der Waals surface area contributed by atoms with E-state index in [1.54, 1.807) is 6.20 Å². The van der Waals surface area contributed by atoms with Gasteiger partial charge < -0.3 is 20.9 Å². The lowest BCUT2D eigenvalue weighted by Crippen LogP contribution is -2.31. The molecule has 0 fully saturated rings. The van der Waals surface area contributed by atoms with E-state index in [1.807, 2.05) is 55.5 Å². The van der Waals surface area contributed by atoms with Gasteiger partial charge in [0, 0.05) is 40.8 Å². The zero-order valence-corrected chi connectivity index (χ0v) is 22.5. The maximum Gasteiger partial charge on any atom is 0.256 e. The zero-order valence-electron chi connectivity index (χ0n) is 21.7. The topological polar surface area (TPSA) is 86.0 Å². The summed E-state index contributed by atoms with van der Waals surface area (Å²) >= 11 is 6.24. The van der Waals surface area contributed by atoms with Crippen molar-refractivity contribution in [2.45, 2.75) is 52.5 Å². The normalized spacial score (nSPS) is 14.5. The Bertz CT molecular complexity index is 1310. The molecule has 0 bridgehead atoms. The van der Waals surface area contributed by atoms with Gasteiger partial charge >= 0.3 is 0 Å². The molecule has 194 valence electrons. The van der Waals surface area contributed by atoms with E-state index in [1.165, 1.54) is 19.3 Å². The van der Waals surface area contributed by atoms with E-state index in [9.17, 15) is 9.59 Å². The second-order valence-corrected chi connectivity index (χ2v) is 10.0. The van der Waals surface area contributed by atoms with Crippen LogP contribution in [0.4, 0.5) is 5.69 Å². The number of H-pyrrole nitrogens is 1. The average molecular weight is 519 g/mol. The predicted octanol–water partition coefficient (Wildman–Crippen LogP) is 6.42. The number of hydrogen-bond donors (Lipinski definition) is 4. The van der Waals surface area contributed by atoms with E-state index in [4.69, 9.17) is 11.6 Å². The van der Waals surface area contributed by atoms with Crippen LogP contribution >= 0.6 is 11.6 Å². The van der Waals surface area contributed by atoms with Crippen LogP contribution in [0.2, 0.25) is 5.02 Å². The number of fused-ring (bicyclic) bond motifs is 1. The van der Waals surface area contributed by atoms with Crippen molar-refractivity contribution >= 4 is 40.8 Å². The molecular formula is C30H35ClN4O2. The standard InChI is InChI=1S/C30H35ClN4O2/c1-4-5-9-19(2)32-14-8-15-33-29(36)25-18-34-27(20(25)3)17-24-28-23(21-10-6-11-22(31)16-21)12-7-13-26(28)35-30(24)37/h6-7,10-13,16-19,32,34H,4-5,8-9,14-15H2,1-3H3,(H,33,36)(H,35,37)/b24-17-. The van der Waals surface area contributed by atoms with Crippen LogP contribution in [0.3, 0.4) is 0 Å². The van der Waals surface area contributed by atoms with Crippen molar-refractivity contribution < 1.29 is 9.59 Å². The van der Waals surface area contributed by atoms with Crippen LogP contribution in [0.15, 0.2) is 48.7 Å². The first-order valence-corrected chi connectivity index (χ1v) is 13.4. The number of rotatable bonds is 11. The van der Waals surface area contributed by atoms with E-state index < -0.39 is 0 Å². The SMILES string of the molecule is CCCCC(C)NCCCNC(=O)c1c[nH]c(/C=C2\C(=O)Nc3cccc(-c4cccc(Cl)c4)c32)c1C. The molecule has 2 amide bonds. The quantitative estimate of drug-likeness (QED) is 0.174. The van der Waals surface area contributed by atoms with Crippen molar-refractivity contribution in [3.63, 3.8) is 0 Å². The Labute approximate surface area is 223 Å². The molecule has 37 heavy (non-hydrogen) atoms. The van der Waals surface area contributed by atoms with Gasteiger partial charge in [0.2, 0.25) is 0 Å². The maximum absolute atomic E-state index is 12.9. The third kappa shape index (κ3) is 6.32. The molecule has 1 aromatic heterocycles. The van der Waals surface area contributed by atoms with Crippen molar-refractivity contribution in [2.24, 2.45) is 0 Å². The molecule has 2 heterocycles. The number of carbonyl (C=O) groups excluding carboxylic acids is 2. The number of aromatic amines is 1. The predicted molar refractivity (Wildman–Crippen MR) is 153 cm³/mol. The summed E-state index contributed by atoms with van der Waals surface area (Å²) in [5, 5.41) is 10.1. The van der Waals surface area contributed by atoms with Crippen LogP contribution in [0, 0.1) is 6.92 Å². The van der Waals surface area contributed by atoms with Crippen molar-refractivity contribution in [3.8, 4) is 11.1 Å². The average Bonchev–Trinajstić information content (AvgIpc) is 3.41. The number of aromatic nitrogens is 1. The lowest BCUT2D eigenvalue weighted by Gasteiger charge is -2.13. The van der Waals surface area contributed by atoms with Gasteiger partial charge in [-0.15, -0.1) is 0 Å². The van der Waals surface area contributed by atoms with E-state index in [0.29, 0.717) is 28.7 Å². The summed E-state index contributed by atoms with van der Waals surface area (Å²) in [6.07, 6.45) is 8.00. The van der Waals surface area contributed by atoms with E-state index in [2.05, 4.69) is 34.8 Å². The van der Waals surface area contributed by atoms with E-state index in [-0.39, 0.29) is 11.8 Å². The third-order valence-electron chi connectivity index (χ3n) is 6.80. The number of carbonyl (C=O) groups is 2. The van der Waals surface area contributed by atoms with Gasteiger partial charge in [-0.05, 0) is 74.2 Å². The first kappa shape index (κ1) is 26.7. The summed E-state index contributed by atoms with van der Waals surface area (Å²) < 4.78 is 0. The number of benzene rings is 2. The molecule has 1 atom stereocenters. The molecular weight excluding hydrogens is 484 g/mol. The molecule has 4 N–H and O–H groups in total. The second kappa shape index (κ2) is 12.3. The molecule has 1 unspecified atom stereocenters. The Morgan fingerprint density at radius 3 is 2.73 bits per heavy atom. The van der Waals surface area contributed by atoms with Gasteiger partial charge in [-0.3, -0.25) is 9.59 Å². The number of anilines is 1. The Kier molecular flexibility index (Phi) is 8.85. The fraction of sp³-hybridized carbons (Fsp3) is 0.333. The lowest BCUT2D eigenvalue weighted by atomic mass is 9.94. The van der Waals surface area contributed by atoms with Crippen molar-refractivity contribution in [1.82, 2.24) is 15.6 Å².